The molecule has 0 aromatic rings. The van der Waals surface area contributed by atoms with Gasteiger partial charge < -0.3 is 26.0 Å². The average Bonchev–Trinajstić information content (AvgIpc) is 2.14. The van der Waals surface area contributed by atoms with Gasteiger partial charge in [-0.2, -0.15) is 0 Å². The highest BCUT2D eigenvalue weighted by Gasteiger charge is 2.17. The molecule has 5 heteroatoms. The Labute approximate surface area is 79.0 Å². The van der Waals surface area contributed by atoms with Gasteiger partial charge in [-0.25, -0.2) is 0 Å². The summed E-state index contributed by atoms with van der Waals surface area (Å²) in [4.78, 5) is 0. The molecule has 13 heavy (non-hydrogen) atoms. The Hall–Kier alpha value is -0.200. The fourth-order valence-electron chi connectivity index (χ4n) is 0.945. The van der Waals surface area contributed by atoms with Crippen molar-refractivity contribution in [2.45, 2.75) is 19.1 Å². The summed E-state index contributed by atoms with van der Waals surface area (Å²) in [5, 5.41) is 9.50. The maximum absolute atomic E-state index is 9.50. The molecule has 0 amide bonds. The van der Waals surface area contributed by atoms with Crippen molar-refractivity contribution in [1.29, 1.82) is 0 Å². The van der Waals surface area contributed by atoms with E-state index >= 15 is 0 Å². The molecule has 0 fully saturated rings. The Balaban J connectivity index is 3.57. The lowest BCUT2D eigenvalue weighted by atomic mass is 10.2. The van der Waals surface area contributed by atoms with Crippen LogP contribution in [0.2, 0.25) is 0 Å². The number of rotatable bonds is 8. The summed E-state index contributed by atoms with van der Waals surface area (Å²) in [5.74, 6) is 0. The van der Waals surface area contributed by atoms with E-state index in [1.807, 2.05) is 6.92 Å². The molecule has 5 N–H and O–H groups in total. The van der Waals surface area contributed by atoms with Gasteiger partial charge in [-0.05, 0) is 6.92 Å². The van der Waals surface area contributed by atoms with Gasteiger partial charge in [-0.1, -0.05) is 0 Å². The number of hydrogen-bond donors (Lipinski definition) is 3. The quantitative estimate of drug-likeness (QED) is 0.415. The molecule has 0 spiro atoms. The molecule has 0 radical (unpaired) electrons. The fourth-order valence-corrected chi connectivity index (χ4v) is 0.945. The Morgan fingerprint density at radius 3 is 2.54 bits per heavy atom. The molecule has 0 bridgehead atoms. The first-order valence-electron chi connectivity index (χ1n) is 4.53. The lowest BCUT2D eigenvalue weighted by molar-refractivity contribution is -0.0634. The Bertz CT molecular complexity index is 114. The molecule has 0 heterocycles. The van der Waals surface area contributed by atoms with Crippen LogP contribution >= 0.6 is 0 Å². The summed E-state index contributed by atoms with van der Waals surface area (Å²) >= 11 is 0. The second-order valence-electron chi connectivity index (χ2n) is 2.66. The van der Waals surface area contributed by atoms with Crippen molar-refractivity contribution < 1.29 is 14.6 Å². The zero-order chi connectivity index (χ0) is 10.1. The first-order chi connectivity index (χ1) is 6.26. The first-order valence-corrected chi connectivity index (χ1v) is 4.53. The van der Waals surface area contributed by atoms with Crippen LogP contribution in [-0.4, -0.2) is 50.2 Å². The van der Waals surface area contributed by atoms with Gasteiger partial charge >= 0.3 is 0 Å². The highest BCUT2D eigenvalue weighted by molar-refractivity contribution is 4.69. The van der Waals surface area contributed by atoms with Crippen molar-refractivity contribution in [3.05, 3.63) is 0 Å². The highest BCUT2D eigenvalue weighted by atomic mass is 16.5. The molecule has 0 rings (SSSR count). The molecule has 5 nitrogen and oxygen atoms in total. The van der Waals surface area contributed by atoms with Gasteiger partial charge in [-0.3, -0.25) is 0 Å². The molecule has 80 valence electrons. The fraction of sp³-hybridized carbons (Fsp3) is 1.00. The van der Waals surface area contributed by atoms with E-state index in [0.29, 0.717) is 26.3 Å². The molecule has 0 saturated heterocycles. The van der Waals surface area contributed by atoms with Crippen molar-refractivity contribution in [3.63, 3.8) is 0 Å². The van der Waals surface area contributed by atoms with E-state index in [1.165, 1.54) is 0 Å². The average molecular weight is 192 g/mol. The number of aliphatic hydroxyl groups is 1. The number of hydrogen-bond acceptors (Lipinski definition) is 5. The van der Waals surface area contributed by atoms with E-state index in [1.54, 1.807) is 0 Å². The van der Waals surface area contributed by atoms with Gasteiger partial charge in [0.1, 0.15) is 6.10 Å². The van der Waals surface area contributed by atoms with Crippen molar-refractivity contribution in [3.8, 4) is 0 Å². The van der Waals surface area contributed by atoms with Crippen LogP contribution in [-0.2, 0) is 9.47 Å². The van der Waals surface area contributed by atoms with Crippen LogP contribution in [0, 0.1) is 0 Å². The van der Waals surface area contributed by atoms with E-state index in [4.69, 9.17) is 20.9 Å². The molecule has 0 aliphatic carbocycles. The van der Waals surface area contributed by atoms with Crippen LogP contribution in [0.25, 0.3) is 0 Å². The smallest absolute Gasteiger partial charge is 0.105 e. The van der Waals surface area contributed by atoms with Crippen molar-refractivity contribution in [1.82, 2.24) is 0 Å². The lowest BCUT2D eigenvalue weighted by Crippen LogP contribution is -2.39. The lowest BCUT2D eigenvalue weighted by Gasteiger charge is -2.20. The summed E-state index contributed by atoms with van der Waals surface area (Å²) < 4.78 is 10.3. The van der Waals surface area contributed by atoms with Gasteiger partial charge in [0.25, 0.3) is 0 Å². The molecule has 2 unspecified atom stereocenters. The summed E-state index contributed by atoms with van der Waals surface area (Å²) in [6.07, 6.45) is -1.01. The summed E-state index contributed by atoms with van der Waals surface area (Å²) in [5.41, 5.74) is 10.6. The van der Waals surface area contributed by atoms with Crippen LogP contribution in [0.5, 0.6) is 0 Å². The van der Waals surface area contributed by atoms with Crippen LogP contribution in [0.1, 0.15) is 6.92 Å². The van der Waals surface area contributed by atoms with E-state index < -0.39 is 6.10 Å². The summed E-state index contributed by atoms with van der Waals surface area (Å²) in [6.45, 7) is 3.81. The van der Waals surface area contributed by atoms with Crippen LogP contribution in [0.3, 0.4) is 0 Å². The molecular weight excluding hydrogens is 172 g/mol. The SMILES string of the molecule is CCOC(CN)C(O)COCCN. The second-order valence-corrected chi connectivity index (χ2v) is 2.66. The predicted molar refractivity (Wildman–Crippen MR) is 50.3 cm³/mol. The molecule has 0 saturated carbocycles. The Morgan fingerprint density at radius 1 is 1.38 bits per heavy atom. The van der Waals surface area contributed by atoms with Crippen molar-refractivity contribution in [2.75, 3.05) is 32.9 Å². The van der Waals surface area contributed by atoms with Crippen LogP contribution in [0.4, 0.5) is 0 Å². The van der Waals surface area contributed by atoms with Gasteiger partial charge in [-0.15, -0.1) is 0 Å². The van der Waals surface area contributed by atoms with Gasteiger partial charge in [0.15, 0.2) is 0 Å². The molecule has 0 aliphatic rings. The van der Waals surface area contributed by atoms with E-state index in [0.717, 1.165) is 0 Å². The molecular formula is C8H20N2O3. The highest BCUT2D eigenvalue weighted by Crippen LogP contribution is 1.98. The second kappa shape index (κ2) is 8.40. The maximum Gasteiger partial charge on any atom is 0.105 e. The van der Waals surface area contributed by atoms with E-state index in [-0.39, 0.29) is 12.7 Å². The van der Waals surface area contributed by atoms with Gasteiger partial charge in [0.05, 0.1) is 19.3 Å². The molecule has 0 aliphatic heterocycles. The summed E-state index contributed by atoms with van der Waals surface area (Å²) in [7, 11) is 0. The zero-order valence-corrected chi connectivity index (χ0v) is 8.11. The minimum atomic E-state index is -0.670. The number of ether oxygens (including phenoxy) is 2. The summed E-state index contributed by atoms with van der Waals surface area (Å²) in [6, 6.07) is 0. The monoisotopic (exact) mass is 192 g/mol. The van der Waals surface area contributed by atoms with Crippen LogP contribution < -0.4 is 11.5 Å². The molecule has 0 aromatic heterocycles. The molecule has 2 atom stereocenters. The topological polar surface area (TPSA) is 90.7 Å². The minimum absolute atomic E-state index is 0.221. The largest absolute Gasteiger partial charge is 0.388 e. The maximum atomic E-state index is 9.50. The third-order valence-electron chi connectivity index (χ3n) is 1.59. The third-order valence-corrected chi connectivity index (χ3v) is 1.59. The Morgan fingerprint density at radius 2 is 2.08 bits per heavy atom. The zero-order valence-electron chi connectivity index (χ0n) is 8.11. The van der Waals surface area contributed by atoms with Gasteiger partial charge in [0, 0.05) is 19.7 Å². The van der Waals surface area contributed by atoms with Crippen molar-refractivity contribution in [2.24, 2.45) is 11.5 Å². The van der Waals surface area contributed by atoms with E-state index in [9.17, 15) is 5.11 Å². The first kappa shape index (κ1) is 12.8. The molecule has 0 aromatic carbocycles. The van der Waals surface area contributed by atoms with E-state index in [2.05, 4.69) is 0 Å². The predicted octanol–water partition coefficient (Wildman–Crippen LogP) is -1.31. The Kier molecular flexibility index (Phi) is 8.27. The normalized spacial score (nSPS) is 15.7. The third kappa shape index (κ3) is 5.95. The standard InChI is InChI=1S/C8H20N2O3/c1-2-13-8(5-10)7(11)6-12-4-3-9/h7-8,11H,2-6,9-10H2,1H3. The number of aliphatic hydroxyl groups excluding tert-OH is 1. The van der Waals surface area contributed by atoms with Gasteiger partial charge in [0.2, 0.25) is 0 Å². The minimum Gasteiger partial charge on any atom is -0.388 e. The van der Waals surface area contributed by atoms with Crippen molar-refractivity contribution >= 4 is 0 Å². The van der Waals surface area contributed by atoms with Crippen LogP contribution in [0.15, 0.2) is 0 Å². The number of nitrogens with two attached hydrogens (primary N) is 2.